The molecule has 4 aromatic rings. The Morgan fingerprint density at radius 1 is 1.10 bits per heavy atom. The molecule has 0 N–H and O–H groups in total. The minimum atomic E-state index is 0.0626. The summed E-state index contributed by atoms with van der Waals surface area (Å²) in [6.45, 7) is 4.55. The van der Waals surface area contributed by atoms with Crippen molar-refractivity contribution in [3.63, 3.8) is 0 Å². The zero-order valence-corrected chi connectivity index (χ0v) is 16.8. The molecule has 1 amide bonds. The summed E-state index contributed by atoms with van der Waals surface area (Å²) in [5.41, 5.74) is 3.68. The summed E-state index contributed by atoms with van der Waals surface area (Å²) in [6, 6.07) is 15.7. The molecule has 5 rings (SSSR count). The van der Waals surface area contributed by atoms with E-state index in [0.717, 1.165) is 49.5 Å². The van der Waals surface area contributed by atoms with Gasteiger partial charge in [0.1, 0.15) is 12.2 Å². The number of hydrogen-bond donors (Lipinski definition) is 0. The topological polar surface area (TPSA) is 81.7 Å². The summed E-state index contributed by atoms with van der Waals surface area (Å²) in [5, 5.41) is 11.2. The van der Waals surface area contributed by atoms with Crippen LogP contribution < -0.4 is 0 Å². The Bertz CT molecular complexity index is 1170. The van der Waals surface area contributed by atoms with Gasteiger partial charge < -0.3 is 9.47 Å². The quantitative estimate of drug-likeness (QED) is 0.525. The SMILES string of the molecule is Cc1nc2ccccc2n1CC1CCN(C(=O)c2cccc(-n3cnnn3)c2)CC1. The Hall–Kier alpha value is -3.55. The minimum Gasteiger partial charge on any atom is -0.339 e. The maximum atomic E-state index is 13.0. The van der Waals surface area contributed by atoms with Gasteiger partial charge in [-0.3, -0.25) is 4.79 Å². The van der Waals surface area contributed by atoms with Crippen molar-refractivity contribution in [1.82, 2.24) is 34.7 Å². The van der Waals surface area contributed by atoms with Crippen LogP contribution in [0.5, 0.6) is 0 Å². The standard InChI is InChI=1S/C22H23N7O/c1-16-24-20-7-2-3-8-21(20)28(16)14-17-9-11-27(12-10-17)22(30)18-5-4-6-19(13-18)29-15-23-25-26-29/h2-8,13,15,17H,9-12,14H2,1H3. The smallest absolute Gasteiger partial charge is 0.253 e. The molecule has 0 saturated carbocycles. The monoisotopic (exact) mass is 401 g/mol. The van der Waals surface area contributed by atoms with Crippen molar-refractivity contribution in [3.05, 3.63) is 66.2 Å². The largest absolute Gasteiger partial charge is 0.339 e. The van der Waals surface area contributed by atoms with Gasteiger partial charge in [0, 0.05) is 25.2 Å². The van der Waals surface area contributed by atoms with Crippen molar-refractivity contribution in [1.29, 1.82) is 0 Å². The van der Waals surface area contributed by atoms with Crippen LogP contribution >= 0.6 is 0 Å². The lowest BCUT2D eigenvalue weighted by molar-refractivity contribution is 0.0683. The van der Waals surface area contributed by atoms with Gasteiger partial charge >= 0.3 is 0 Å². The van der Waals surface area contributed by atoms with Gasteiger partial charge in [-0.05, 0) is 66.4 Å². The highest BCUT2D eigenvalue weighted by Gasteiger charge is 2.25. The van der Waals surface area contributed by atoms with Gasteiger partial charge in [-0.2, -0.15) is 0 Å². The van der Waals surface area contributed by atoms with Gasteiger partial charge in [-0.15, -0.1) is 5.10 Å². The number of likely N-dealkylation sites (tertiary alicyclic amines) is 1. The number of benzene rings is 2. The van der Waals surface area contributed by atoms with E-state index in [1.54, 1.807) is 4.68 Å². The molecule has 1 saturated heterocycles. The number of fused-ring (bicyclic) bond motifs is 1. The summed E-state index contributed by atoms with van der Waals surface area (Å²) in [4.78, 5) is 19.6. The fraction of sp³-hybridized carbons (Fsp3) is 0.318. The number of piperidine rings is 1. The van der Waals surface area contributed by atoms with Crippen LogP contribution in [0.25, 0.3) is 16.7 Å². The third-order valence-electron chi connectivity index (χ3n) is 5.89. The van der Waals surface area contributed by atoms with Crippen LogP contribution in [0.1, 0.15) is 29.0 Å². The number of nitrogens with zero attached hydrogens (tertiary/aromatic N) is 7. The first kappa shape index (κ1) is 18.5. The van der Waals surface area contributed by atoms with E-state index in [1.165, 1.54) is 11.8 Å². The number of rotatable bonds is 4. The average molecular weight is 401 g/mol. The first-order chi connectivity index (χ1) is 14.7. The van der Waals surface area contributed by atoms with Gasteiger partial charge in [-0.1, -0.05) is 18.2 Å². The summed E-state index contributed by atoms with van der Waals surface area (Å²) >= 11 is 0. The molecule has 0 bridgehead atoms. The Morgan fingerprint density at radius 3 is 2.73 bits per heavy atom. The molecule has 1 aliphatic heterocycles. The van der Waals surface area contributed by atoms with E-state index in [9.17, 15) is 4.79 Å². The molecule has 0 spiro atoms. The number of aryl methyl sites for hydroxylation is 1. The first-order valence-electron chi connectivity index (χ1n) is 10.2. The Balaban J connectivity index is 1.25. The number of para-hydroxylation sites is 2. The lowest BCUT2D eigenvalue weighted by atomic mass is 9.96. The zero-order valence-electron chi connectivity index (χ0n) is 16.8. The van der Waals surface area contributed by atoms with Crippen molar-refractivity contribution >= 4 is 16.9 Å². The number of aromatic nitrogens is 6. The molecule has 1 aliphatic rings. The zero-order chi connectivity index (χ0) is 20.5. The lowest BCUT2D eigenvalue weighted by Gasteiger charge is -2.32. The highest BCUT2D eigenvalue weighted by molar-refractivity contribution is 5.94. The van der Waals surface area contributed by atoms with Crippen molar-refractivity contribution in [2.24, 2.45) is 5.92 Å². The fourth-order valence-corrected chi connectivity index (χ4v) is 4.25. The Labute approximate surface area is 174 Å². The second-order valence-corrected chi connectivity index (χ2v) is 7.80. The Kier molecular flexibility index (Phi) is 4.74. The van der Waals surface area contributed by atoms with Gasteiger partial charge in [-0.25, -0.2) is 9.67 Å². The maximum absolute atomic E-state index is 13.0. The third-order valence-corrected chi connectivity index (χ3v) is 5.89. The van der Waals surface area contributed by atoms with Crippen LogP contribution in [0.3, 0.4) is 0 Å². The number of carbonyl (C=O) groups is 1. The molecule has 30 heavy (non-hydrogen) atoms. The van der Waals surface area contributed by atoms with E-state index < -0.39 is 0 Å². The van der Waals surface area contributed by atoms with Gasteiger partial charge in [0.05, 0.1) is 16.7 Å². The van der Waals surface area contributed by atoms with Crippen LogP contribution in [0.2, 0.25) is 0 Å². The second kappa shape index (κ2) is 7.70. The molecule has 3 heterocycles. The van der Waals surface area contributed by atoms with Crippen LogP contribution in [0.4, 0.5) is 0 Å². The van der Waals surface area contributed by atoms with Gasteiger partial charge in [0.2, 0.25) is 0 Å². The number of tetrazole rings is 1. The molecule has 2 aromatic heterocycles. The number of amides is 1. The lowest BCUT2D eigenvalue weighted by Crippen LogP contribution is -2.39. The molecule has 1 fully saturated rings. The highest BCUT2D eigenvalue weighted by atomic mass is 16.2. The van der Waals surface area contributed by atoms with E-state index in [2.05, 4.69) is 50.2 Å². The third kappa shape index (κ3) is 3.45. The van der Waals surface area contributed by atoms with E-state index in [4.69, 9.17) is 0 Å². The number of hydrogen-bond acceptors (Lipinski definition) is 5. The minimum absolute atomic E-state index is 0.0626. The summed E-state index contributed by atoms with van der Waals surface area (Å²) in [7, 11) is 0. The number of imidazole rings is 1. The molecular weight excluding hydrogens is 378 g/mol. The molecule has 0 aliphatic carbocycles. The van der Waals surface area contributed by atoms with Crippen LogP contribution in [0, 0.1) is 12.8 Å². The first-order valence-corrected chi connectivity index (χ1v) is 10.2. The summed E-state index contributed by atoms with van der Waals surface area (Å²) < 4.78 is 3.87. The molecular formula is C22H23N7O. The molecule has 0 unspecified atom stereocenters. The molecule has 0 radical (unpaired) electrons. The number of carbonyl (C=O) groups excluding carboxylic acids is 1. The molecule has 152 valence electrons. The molecule has 8 heteroatoms. The van der Waals surface area contributed by atoms with E-state index >= 15 is 0 Å². The van der Waals surface area contributed by atoms with E-state index in [1.807, 2.05) is 35.2 Å². The normalized spacial score (nSPS) is 15.0. The predicted octanol–water partition coefficient (Wildman–Crippen LogP) is 2.87. The van der Waals surface area contributed by atoms with Crippen molar-refractivity contribution in [2.75, 3.05) is 13.1 Å². The van der Waals surface area contributed by atoms with Crippen molar-refractivity contribution in [2.45, 2.75) is 26.3 Å². The van der Waals surface area contributed by atoms with Crippen LogP contribution in [-0.2, 0) is 6.54 Å². The Morgan fingerprint density at radius 2 is 1.93 bits per heavy atom. The van der Waals surface area contributed by atoms with Crippen molar-refractivity contribution < 1.29 is 4.79 Å². The van der Waals surface area contributed by atoms with Crippen LogP contribution in [-0.4, -0.2) is 53.7 Å². The highest BCUT2D eigenvalue weighted by Crippen LogP contribution is 2.24. The molecule has 0 atom stereocenters. The summed E-state index contributed by atoms with van der Waals surface area (Å²) in [5.74, 6) is 1.65. The average Bonchev–Trinajstić information content (AvgIpc) is 3.43. The second-order valence-electron chi connectivity index (χ2n) is 7.80. The molecule has 8 nitrogen and oxygen atoms in total. The van der Waals surface area contributed by atoms with Crippen LogP contribution in [0.15, 0.2) is 54.9 Å². The van der Waals surface area contributed by atoms with Crippen molar-refractivity contribution in [3.8, 4) is 5.69 Å². The van der Waals surface area contributed by atoms with E-state index in [-0.39, 0.29) is 5.91 Å². The van der Waals surface area contributed by atoms with Gasteiger partial charge in [0.25, 0.3) is 5.91 Å². The van der Waals surface area contributed by atoms with E-state index in [0.29, 0.717) is 11.5 Å². The summed E-state index contributed by atoms with van der Waals surface area (Å²) in [6.07, 6.45) is 3.51. The predicted molar refractivity (Wildman–Crippen MR) is 112 cm³/mol. The maximum Gasteiger partial charge on any atom is 0.253 e. The fourth-order valence-electron chi connectivity index (χ4n) is 4.25. The van der Waals surface area contributed by atoms with Gasteiger partial charge in [0.15, 0.2) is 0 Å². The molecule has 2 aromatic carbocycles.